The van der Waals surface area contributed by atoms with E-state index in [9.17, 15) is 14.7 Å². The van der Waals surface area contributed by atoms with Crippen molar-refractivity contribution in [3.05, 3.63) is 65.4 Å². The number of carbonyl (C=O) groups is 2. The number of phenols is 1. The maximum absolute atomic E-state index is 13.7. The van der Waals surface area contributed by atoms with Crippen molar-refractivity contribution in [3.8, 4) is 5.75 Å². The number of nitrogens with zero attached hydrogens (tertiary/aromatic N) is 1. The van der Waals surface area contributed by atoms with E-state index in [-0.39, 0.29) is 17.2 Å². The highest BCUT2D eigenvalue weighted by atomic mass is 16.3. The van der Waals surface area contributed by atoms with Gasteiger partial charge in [0.1, 0.15) is 11.8 Å². The average molecular weight is 475 g/mol. The number of aromatic hydroxyl groups is 1. The van der Waals surface area contributed by atoms with Gasteiger partial charge in [-0.05, 0) is 73.8 Å². The number of likely N-dealkylation sites (tertiary alicyclic amines) is 1. The molecule has 7 nitrogen and oxygen atoms in total. The lowest BCUT2D eigenvalue weighted by molar-refractivity contribution is -0.138. The van der Waals surface area contributed by atoms with Crippen molar-refractivity contribution in [1.29, 1.82) is 0 Å². The van der Waals surface area contributed by atoms with Gasteiger partial charge < -0.3 is 26.0 Å². The molecule has 184 valence electrons. The molecule has 1 saturated heterocycles. The third-order valence-corrected chi connectivity index (χ3v) is 7.90. The van der Waals surface area contributed by atoms with Crippen molar-refractivity contribution in [1.82, 2.24) is 15.2 Å². The first-order valence-corrected chi connectivity index (χ1v) is 12.4. The standard InChI is InChI=1S/C28H34N4O3/c1-27(2,29)26(35)31-23(16-18-17-30-22-8-4-3-6-19(18)22)25(34)32-14-12-28(13-15-32)11-10-20-21(28)7-5-9-24(20)33/h3-9,17,23,30,33H,10-16,29H2,1-2H3,(H,31,35). The highest BCUT2D eigenvalue weighted by molar-refractivity contribution is 5.92. The first kappa shape index (κ1) is 23.4. The average Bonchev–Trinajstić information content (AvgIpc) is 3.41. The van der Waals surface area contributed by atoms with Crippen LogP contribution >= 0.6 is 0 Å². The minimum absolute atomic E-state index is 0.0136. The third kappa shape index (κ3) is 4.29. The molecule has 1 aromatic heterocycles. The molecule has 3 aromatic rings. The topological polar surface area (TPSA) is 111 Å². The fraction of sp³-hybridized carbons (Fsp3) is 0.429. The molecule has 7 heteroatoms. The monoisotopic (exact) mass is 474 g/mol. The molecule has 0 bridgehead atoms. The Morgan fingerprint density at radius 2 is 1.89 bits per heavy atom. The van der Waals surface area contributed by atoms with Gasteiger partial charge >= 0.3 is 0 Å². The van der Waals surface area contributed by atoms with E-state index >= 15 is 0 Å². The van der Waals surface area contributed by atoms with Crippen molar-refractivity contribution in [2.24, 2.45) is 5.73 Å². The van der Waals surface area contributed by atoms with Gasteiger partial charge in [0.15, 0.2) is 0 Å². The van der Waals surface area contributed by atoms with E-state index in [0.717, 1.165) is 47.7 Å². The van der Waals surface area contributed by atoms with Crippen LogP contribution < -0.4 is 11.1 Å². The number of amides is 2. The minimum atomic E-state index is -1.08. The summed E-state index contributed by atoms with van der Waals surface area (Å²) in [7, 11) is 0. The molecule has 35 heavy (non-hydrogen) atoms. The molecule has 1 spiro atoms. The van der Waals surface area contributed by atoms with Crippen LogP contribution in [-0.4, -0.2) is 51.5 Å². The van der Waals surface area contributed by atoms with Crippen molar-refractivity contribution in [3.63, 3.8) is 0 Å². The van der Waals surface area contributed by atoms with E-state index in [0.29, 0.717) is 25.3 Å². The van der Waals surface area contributed by atoms with E-state index in [1.807, 2.05) is 41.4 Å². The zero-order valence-corrected chi connectivity index (χ0v) is 20.4. The quantitative estimate of drug-likeness (QED) is 0.455. The Kier molecular flexibility index (Phi) is 5.83. The largest absolute Gasteiger partial charge is 0.508 e. The summed E-state index contributed by atoms with van der Waals surface area (Å²) < 4.78 is 0. The van der Waals surface area contributed by atoms with Gasteiger partial charge in [-0.25, -0.2) is 0 Å². The van der Waals surface area contributed by atoms with Crippen LogP contribution in [0.1, 0.15) is 49.8 Å². The molecule has 2 amide bonds. The Hall–Kier alpha value is -3.32. The van der Waals surface area contributed by atoms with Gasteiger partial charge in [-0.2, -0.15) is 0 Å². The number of para-hydroxylation sites is 1. The summed E-state index contributed by atoms with van der Waals surface area (Å²) in [6, 6.07) is 13.1. The lowest BCUT2D eigenvalue weighted by Crippen LogP contribution is -2.58. The van der Waals surface area contributed by atoms with Crippen molar-refractivity contribution >= 4 is 22.7 Å². The van der Waals surface area contributed by atoms with Crippen molar-refractivity contribution in [2.75, 3.05) is 13.1 Å². The predicted molar refractivity (Wildman–Crippen MR) is 136 cm³/mol. The number of benzene rings is 2. The Morgan fingerprint density at radius 1 is 1.14 bits per heavy atom. The fourth-order valence-electron chi connectivity index (χ4n) is 5.79. The number of fused-ring (bicyclic) bond motifs is 3. The zero-order chi connectivity index (χ0) is 24.8. The number of aromatic amines is 1. The van der Waals surface area contributed by atoms with E-state index in [1.165, 1.54) is 5.56 Å². The summed E-state index contributed by atoms with van der Waals surface area (Å²) in [5.41, 5.74) is 9.26. The maximum Gasteiger partial charge on any atom is 0.245 e. The second kappa shape index (κ2) is 8.72. The van der Waals surface area contributed by atoms with E-state index in [2.05, 4.69) is 16.4 Å². The van der Waals surface area contributed by atoms with Gasteiger partial charge in [-0.3, -0.25) is 9.59 Å². The van der Waals surface area contributed by atoms with Gasteiger partial charge in [0.2, 0.25) is 11.8 Å². The third-order valence-electron chi connectivity index (χ3n) is 7.90. The number of hydrogen-bond donors (Lipinski definition) is 4. The number of rotatable bonds is 5. The summed E-state index contributed by atoms with van der Waals surface area (Å²) in [6.07, 6.45) is 5.89. The summed E-state index contributed by atoms with van der Waals surface area (Å²) in [6.45, 7) is 4.54. The molecular formula is C28H34N4O3. The van der Waals surface area contributed by atoms with E-state index < -0.39 is 11.6 Å². The van der Waals surface area contributed by atoms with Gasteiger partial charge in [-0.15, -0.1) is 0 Å². The summed E-state index contributed by atoms with van der Waals surface area (Å²) in [5.74, 6) is -0.0370. The van der Waals surface area contributed by atoms with Crippen LogP contribution in [0.3, 0.4) is 0 Å². The highest BCUT2D eigenvalue weighted by Gasteiger charge is 2.43. The molecule has 2 aromatic carbocycles. The Balaban J connectivity index is 1.35. The Labute approximate surface area is 205 Å². The second-order valence-electron chi connectivity index (χ2n) is 10.7. The molecule has 0 radical (unpaired) electrons. The molecule has 1 fully saturated rings. The Morgan fingerprint density at radius 3 is 2.63 bits per heavy atom. The molecule has 1 aliphatic carbocycles. The zero-order valence-electron chi connectivity index (χ0n) is 20.4. The number of hydrogen-bond acceptors (Lipinski definition) is 4. The van der Waals surface area contributed by atoms with Crippen LogP contribution in [0.5, 0.6) is 5.75 Å². The number of phenolic OH excluding ortho intramolecular Hbond substituents is 1. The molecule has 2 heterocycles. The van der Waals surface area contributed by atoms with Gasteiger partial charge in [0.25, 0.3) is 0 Å². The number of carbonyl (C=O) groups excluding carboxylic acids is 2. The van der Waals surface area contributed by atoms with Crippen LogP contribution in [-0.2, 0) is 27.8 Å². The van der Waals surface area contributed by atoms with Crippen LogP contribution in [0, 0.1) is 0 Å². The normalized spacial score (nSPS) is 18.0. The van der Waals surface area contributed by atoms with Crippen molar-refractivity contribution < 1.29 is 14.7 Å². The molecular weight excluding hydrogens is 440 g/mol. The lowest BCUT2D eigenvalue weighted by Gasteiger charge is -2.41. The number of H-pyrrole nitrogens is 1. The molecule has 2 aliphatic rings. The minimum Gasteiger partial charge on any atom is -0.508 e. The second-order valence-corrected chi connectivity index (χ2v) is 10.7. The summed E-state index contributed by atoms with van der Waals surface area (Å²) in [4.78, 5) is 31.7. The molecule has 1 unspecified atom stereocenters. The SMILES string of the molecule is CC(C)(N)C(=O)NC(Cc1c[nH]c2ccccc12)C(=O)N1CCC2(CCc3c(O)cccc32)CC1. The molecule has 0 saturated carbocycles. The lowest BCUT2D eigenvalue weighted by atomic mass is 9.73. The van der Waals surface area contributed by atoms with Crippen LogP contribution in [0.25, 0.3) is 10.9 Å². The first-order valence-electron chi connectivity index (χ1n) is 12.4. The Bertz CT molecular complexity index is 1260. The molecule has 1 atom stereocenters. The fourth-order valence-corrected chi connectivity index (χ4v) is 5.79. The van der Waals surface area contributed by atoms with Crippen molar-refractivity contribution in [2.45, 2.75) is 62.9 Å². The number of nitrogens with one attached hydrogen (secondary N) is 2. The van der Waals surface area contributed by atoms with Gasteiger partial charge in [0.05, 0.1) is 5.54 Å². The first-order chi connectivity index (χ1) is 16.7. The van der Waals surface area contributed by atoms with E-state index in [1.54, 1.807) is 19.9 Å². The van der Waals surface area contributed by atoms with Crippen LogP contribution in [0.2, 0.25) is 0 Å². The number of nitrogens with two attached hydrogens (primary N) is 1. The molecule has 5 N–H and O–H groups in total. The number of aromatic nitrogens is 1. The van der Waals surface area contributed by atoms with Crippen LogP contribution in [0.15, 0.2) is 48.7 Å². The van der Waals surface area contributed by atoms with Crippen LogP contribution in [0.4, 0.5) is 0 Å². The maximum atomic E-state index is 13.7. The van der Waals surface area contributed by atoms with Gasteiger partial charge in [0, 0.05) is 36.6 Å². The number of piperidine rings is 1. The van der Waals surface area contributed by atoms with Gasteiger partial charge in [-0.1, -0.05) is 30.3 Å². The summed E-state index contributed by atoms with van der Waals surface area (Å²) >= 11 is 0. The molecule has 1 aliphatic heterocycles. The predicted octanol–water partition coefficient (Wildman–Crippen LogP) is 3.14. The highest BCUT2D eigenvalue weighted by Crippen LogP contribution is 2.48. The summed E-state index contributed by atoms with van der Waals surface area (Å²) in [5, 5.41) is 14.3. The van der Waals surface area contributed by atoms with E-state index in [4.69, 9.17) is 5.73 Å². The molecule has 5 rings (SSSR count). The smallest absolute Gasteiger partial charge is 0.245 e.